The monoisotopic (exact) mass is 277 g/mol. The van der Waals surface area contributed by atoms with E-state index in [1.807, 2.05) is 6.26 Å². The van der Waals surface area contributed by atoms with Crippen LogP contribution in [0, 0.1) is 5.92 Å². The van der Waals surface area contributed by atoms with E-state index in [1.54, 1.807) is 17.8 Å². The lowest BCUT2D eigenvalue weighted by Gasteiger charge is -2.15. The molecule has 0 radical (unpaired) electrons. The molecule has 0 saturated carbocycles. The fraction of sp³-hybridized carbons (Fsp3) is 0.538. The molecule has 0 spiro atoms. The van der Waals surface area contributed by atoms with Crippen LogP contribution in [0.1, 0.15) is 18.1 Å². The number of alkyl halides is 3. The average molecular weight is 277 g/mol. The van der Waals surface area contributed by atoms with Crippen molar-refractivity contribution in [1.82, 2.24) is 5.32 Å². The Hall–Kier alpha value is -0.680. The predicted octanol–water partition coefficient (Wildman–Crippen LogP) is 3.79. The Morgan fingerprint density at radius 2 is 1.94 bits per heavy atom. The van der Waals surface area contributed by atoms with Crippen molar-refractivity contribution in [2.45, 2.75) is 19.6 Å². The van der Waals surface area contributed by atoms with Gasteiger partial charge in [0.05, 0.1) is 5.56 Å². The summed E-state index contributed by atoms with van der Waals surface area (Å²) in [5.74, 6) is 1.46. The lowest BCUT2D eigenvalue weighted by atomic mass is 10.1. The van der Waals surface area contributed by atoms with Crippen LogP contribution in [0.2, 0.25) is 0 Å². The molecule has 1 aromatic rings. The highest BCUT2D eigenvalue weighted by atomic mass is 32.2. The van der Waals surface area contributed by atoms with Gasteiger partial charge in [-0.05, 0) is 36.1 Å². The van der Waals surface area contributed by atoms with Crippen molar-refractivity contribution in [2.24, 2.45) is 5.92 Å². The van der Waals surface area contributed by atoms with Crippen molar-refractivity contribution in [2.75, 3.05) is 18.6 Å². The molecule has 0 saturated heterocycles. The number of benzene rings is 1. The van der Waals surface area contributed by atoms with Crippen LogP contribution in [-0.2, 0) is 12.7 Å². The normalized spacial score (nSPS) is 13.6. The summed E-state index contributed by atoms with van der Waals surface area (Å²) >= 11 is 1.74. The molecule has 0 amide bonds. The van der Waals surface area contributed by atoms with Crippen molar-refractivity contribution >= 4 is 11.8 Å². The zero-order chi connectivity index (χ0) is 13.6. The third-order valence-electron chi connectivity index (χ3n) is 2.58. The molecule has 0 heterocycles. The first-order chi connectivity index (χ1) is 8.45. The van der Waals surface area contributed by atoms with Crippen molar-refractivity contribution in [3.05, 3.63) is 35.4 Å². The fourth-order valence-corrected chi connectivity index (χ4v) is 2.43. The molecule has 1 N–H and O–H groups in total. The minimum absolute atomic E-state index is 0.258. The maximum Gasteiger partial charge on any atom is 0.416 e. The molecule has 1 atom stereocenters. The van der Waals surface area contributed by atoms with Crippen molar-refractivity contribution in [3.8, 4) is 0 Å². The molecule has 0 aliphatic heterocycles. The summed E-state index contributed by atoms with van der Waals surface area (Å²) in [5, 5.41) is 3.09. The summed E-state index contributed by atoms with van der Waals surface area (Å²) in [6.07, 6.45) is -2.25. The third-order valence-corrected chi connectivity index (χ3v) is 3.48. The van der Waals surface area contributed by atoms with E-state index in [4.69, 9.17) is 0 Å². The molecule has 0 aliphatic carbocycles. The Balaban J connectivity index is 2.57. The number of halogens is 3. The molecule has 1 unspecified atom stereocenters. The molecular formula is C13H18F3NS. The van der Waals surface area contributed by atoms with Gasteiger partial charge in [0.25, 0.3) is 0 Å². The lowest BCUT2D eigenvalue weighted by Crippen LogP contribution is -2.23. The van der Waals surface area contributed by atoms with Crippen molar-refractivity contribution in [3.63, 3.8) is 0 Å². The minimum atomic E-state index is -4.27. The van der Waals surface area contributed by atoms with E-state index in [9.17, 15) is 13.2 Å². The topological polar surface area (TPSA) is 12.0 Å². The second-order valence-electron chi connectivity index (χ2n) is 4.35. The van der Waals surface area contributed by atoms with Crippen molar-refractivity contribution < 1.29 is 13.2 Å². The van der Waals surface area contributed by atoms with Crippen LogP contribution in [-0.4, -0.2) is 18.6 Å². The SMILES string of the molecule is CSCC(C)CNCc1ccccc1C(F)(F)F. The molecule has 0 aliphatic rings. The van der Waals surface area contributed by atoms with Gasteiger partial charge in [0.1, 0.15) is 0 Å². The Morgan fingerprint density at radius 3 is 2.56 bits per heavy atom. The maximum atomic E-state index is 12.7. The van der Waals surface area contributed by atoms with Crippen LogP contribution in [0.15, 0.2) is 24.3 Å². The summed E-state index contributed by atoms with van der Waals surface area (Å²) in [6, 6.07) is 5.71. The van der Waals surface area contributed by atoms with E-state index in [2.05, 4.69) is 12.2 Å². The number of nitrogens with one attached hydrogen (secondary N) is 1. The summed E-state index contributed by atoms with van der Waals surface area (Å²) in [6.45, 7) is 3.07. The van der Waals surface area contributed by atoms with Gasteiger partial charge < -0.3 is 5.32 Å². The second-order valence-corrected chi connectivity index (χ2v) is 5.26. The number of hydrogen-bond acceptors (Lipinski definition) is 2. The molecule has 0 fully saturated rings. The summed E-state index contributed by atoms with van der Waals surface area (Å²) < 4.78 is 38.2. The van der Waals surface area contributed by atoms with Gasteiger partial charge in [-0.2, -0.15) is 24.9 Å². The van der Waals surface area contributed by atoms with Crippen LogP contribution >= 0.6 is 11.8 Å². The van der Waals surface area contributed by atoms with Gasteiger partial charge in [-0.25, -0.2) is 0 Å². The first-order valence-corrected chi connectivity index (χ1v) is 7.19. The van der Waals surface area contributed by atoms with Gasteiger partial charge in [0.15, 0.2) is 0 Å². The summed E-state index contributed by atoms with van der Waals surface area (Å²) in [7, 11) is 0. The summed E-state index contributed by atoms with van der Waals surface area (Å²) in [4.78, 5) is 0. The van der Waals surface area contributed by atoms with E-state index >= 15 is 0 Å². The second kappa shape index (κ2) is 7.04. The molecule has 1 rings (SSSR count). The summed E-state index contributed by atoms with van der Waals surface area (Å²) in [5.41, 5.74) is -0.239. The number of thioether (sulfide) groups is 1. The standard InChI is InChI=1S/C13H18F3NS/c1-10(9-18-2)7-17-8-11-5-3-4-6-12(11)13(14,15)16/h3-6,10,17H,7-9H2,1-2H3. The van der Waals surface area contributed by atoms with Gasteiger partial charge in [-0.15, -0.1) is 0 Å². The minimum Gasteiger partial charge on any atom is -0.312 e. The van der Waals surface area contributed by atoms with Gasteiger partial charge in [0.2, 0.25) is 0 Å². The highest BCUT2D eigenvalue weighted by molar-refractivity contribution is 7.98. The first kappa shape index (κ1) is 15.4. The van der Waals surface area contributed by atoms with Crippen LogP contribution in [0.4, 0.5) is 13.2 Å². The van der Waals surface area contributed by atoms with E-state index in [1.165, 1.54) is 12.1 Å². The number of rotatable bonds is 6. The zero-order valence-corrected chi connectivity index (χ0v) is 11.4. The highest BCUT2D eigenvalue weighted by Gasteiger charge is 2.32. The Bertz CT molecular complexity index is 365. The Kier molecular flexibility index (Phi) is 6.02. The van der Waals surface area contributed by atoms with E-state index < -0.39 is 11.7 Å². The molecular weight excluding hydrogens is 259 g/mol. The highest BCUT2D eigenvalue weighted by Crippen LogP contribution is 2.31. The molecule has 0 aromatic heterocycles. The average Bonchev–Trinajstić information content (AvgIpc) is 2.28. The maximum absolute atomic E-state index is 12.7. The van der Waals surface area contributed by atoms with Crippen LogP contribution < -0.4 is 5.32 Å². The molecule has 18 heavy (non-hydrogen) atoms. The van der Waals surface area contributed by atoms with Crippen LogP contribution in [0.25, 0.3) is 0 Å². The third kappa shape index (κ3) is 4.90. The van der Waals surface area contributed by atoms with Gasteiger partial charge in [0, 0.05) is 6.54 Å². The first-order valence-electron chi connectivity index (χ1n) is 5.80. The van der Waals surface area contributed by atoms with Crippen LogP contribution in [0.5, 0.6) is 0 Å². The smallest absolute Gasteiger partial charge is 0.312 e. The molecule has 102 valence electrons. The van der Waals surface area contributed by atoms with Crippen LogP contribution in [0.3, 0.4) is 0 Å². The van der Waals surface area contributed by atoms with Gasteiger partial charge in [-0.1, -0.05) is 25.1 Å². The van der Waals surface area contributed by atoms with E-state index in [-0.39, 0.29) is 6.54 Å². The van der Waals surface area contributed by atoms with E-state index in [0.717, 1.165) is 18.4 Å². The largest absolute Gasteiger partial charge is 0.416 e. The van der Waals surface area contributed by atoms with Gasteiger partial charge in [-0.3, -0.25) is 0 Å². The fourth-order valence-electron chi connectivity index (χ4n) is 1.75. The molecule has 1 nitrogen and oxygen atoms in total. The predicted molar refractivity (Wildman–Crippen MR) is 70.7 cm³/mol. The Labute approximate surface area is 110 Å². The molecule has 1 aromatic carbocycles. The number of hydrogen-bond donors (Lipinski definition) is 1. The Morgan fingerprint density at radius 1 is 1.28 bits per heavy atom. The van der Waals surface area contributed by atoms with E-state index in [0.29, 0.717) is 11.5 Å². The van der Waals surface area contributed by atoms with Crippen molar-refractivity contribution in [1.29, 1.82) is 0 Å². The molecule has 0 bridgehead atoms. The van der Waals surface area contributed by atoms with Gasteiger partial charge >= 0.3 is 6.18 Å². The lowest BCUT2D eigenvalue weighted by molar-refractivity contribution is -0.138. The molecule has 5 heteroatoms. The quantitative estimate of drug-likeness (QED) is 0.849. The zero-order valence-electron chi connectivity index (χ0n) is 10.6.